The normalized spacial score (nSPS) is 12.2. The van der Waals surface area contributed by atoms with Crippen LogP contribution in [0.1, 0.15) is 6.92 Å². The van der Waals surface area contributed by atoms with E-state index in [0.717, 1.165) is 0 Å². The molecule has 0 saturated heterocycles. The number of aldehydes is 1. The van der Waals surface area contributed by atoms with E-state index in [0.29, 0.717) is 6.29 Å². The highest BCUT2D eigenvalue weighted by atomic mass is 16.7. The maximum atomic E-state index is 10.2. The molecular formula is C4H7NO3. The van der Waals surface area contributed by atoms with Crippen LogP contribution in [0, 0.1) is 5.92 Å². The molecule has 8 heavy (non-hydrogen) atoms. The Kier molecular flexibility index (Phi) is 2.79. The summed E-state index contributed by atoms with van der Waals surface area (Å²) in [7, 11) is 0. The lowest BCUT2D eigenvalue weighted by Crippen LogP contribution is -2.18. The van der Waals surface area contributed by atoms with Crippen molar-refractivity contribution in [3.05, 3.63) is 0 Å². The number of nitrogens with two attached hydrogens (primary N) is 1. The summed E-state index contributed by atoms with van der Waals surface area (Å²) in [6.45, 7) is 1.40. The summed E-state index contributed by atoms with van der Waals surface area (Å²) in [5.74, 6) is 2.98. The van der Waals surface area contributed by atoms with Gasteiger partial charge in [-0.1, -0.05) is 0 Å². The molecule has 0 aliphatic rings. The third-order valence-corrected chi connectivity index (χ3v) is 0.692. The number of carbonyl (C=O) groups is 2. The first-order valence-corrected chi connectivity index (χ1v) is 2.08. The average Bonchev–Trinajstić information content (AvgIpc) is 1.84. The van der Waals surface area contributed by atoms with Gasteiger partial charge in [0.2, 0.25) is 0 Å². The van der Waals surface area contributed by atoms with Crippen molar-refractivity contribution >= 4 is 12.3 Å². The Bertz CT molecular complexity index is 101. The molecule has 0 heterocycles. The average molecular weight is 117 g/mol. The summed E-state index contributed by atoms with van der Waals surface area (Å²) in [5.41, 5.74) is 0. The molecule has 1 unspecified atom stereocenters. The predicted molar refractivity (Wildman–Crippen MR) is 25.5 cm³/mol. The first-order valence-electron chi connectivity index (χ1n) is 2.08. The van der Waals surface area contributed by atoms with Crippen molar-refractivity contribution < 1.29 is 14.4 Å². The largest absolute Gasteiger partial charge is 0.373 e. The van der Waals surface area contributed by atoms with E-state index in [1.54, 1.807) is 0 Å². The lowest BCUT2D eigenvalue weighted by Gasteiger charge is -1.95. The van der Waals surface area contributed by atoms with Crippen LogP contribution in [0.4, 0.5) is 0 Å². The number of hydrogen-bond donors (Lipinski definition) is 1. The van der Waals surface area contributed by atoms with Gasteiger partial charge in [0.25, 0.3) is 0 Å². The Morgan fingerprint density at radius 2 is 2.38 bits per heavy atom. The van der Waals surface area contributed by atoms with Gasteiger partial charge < -0.3 is 9.63 Å². The second-order valence-electron chi connectivity index (χ2n) is 1.36. The summed E-state index contributed by atoms with van der Waals surface area (Å²) < 4.78 is 0. The topological polar surface area (TPSA) is 69.4 Å². The van der Waals surface area contributed by atoms with E-state index in [-0.39, 0.29) is 0 Å². The van der Waals surface area contributed by atoms with E-state index in [1.165, 1.54) is 6.92 Å². The van der Waals surface area contributed by atoms with Gasteiger partial charge in [0.1, 0.15) is 12.2 Å². The smallest absolute Gasteiger partial charge is 0.334 e. The van der Waals surface area contributed by atoms with Gasteiger partial charge >= 0.3 is 5.97 Å². The molecule has 0 bridgehead atoms. The fraction of sp³-hybridized carbons (Fsp3) is 0.500. The van der Waals surface area contributed by atoms with Crippen LogP contribution in [0.15, 0.2) is 0 Å². The number of carbonyl (C=O) groups excluding carboxylic acids is 2. The fourth-order valence-electron chi connectivity index (χ4n) is 0.163. The van der Waals surface area contributed by atoms with Crippen molar-refractivity contribution in [2.45, 2.75) is 6.92 Å². The van der Waals surface area contributed by atoms with Crippen LogP contribution in [-0.4, -0.2) is 12.3 Å². The molecule has 0 rings (SSSR count). The molecule has 0 saturated carbocycles. The first-order chi connectivity index (χ1) is 3.72. The van der Waals surface area contributed by atoms with Crippen LogP contribution in [0.5, 0.6) is 0 Å². The van der Waals surface area contributed by atoms with Crippen molar-refractivity contribution in [3.8, 4) is 0 Å². The van der Waals surface area contributed by atoms with Crippen LogP contribution in [0.3, 0.4) is 0 Å². The number of rotatable bonds is 2. The third-order valence-electron chi connectivity index (χ3n) is 0.692. The van der Waals surface area contributed by atoms with Gasteiger partial charge in [-0.05, 0) is 6.92 Å². The summed E-state index contributed by atoms with van der Waals surface area (Å²) in [6, 6.07) is 0. The molecule has 4 heteroatoms. The molecule has 2 N–H and O–H groups in total. The Morgan fingerprint density at radius 1 is 1.88 bits per heavy atom. The SMILES string of the molecule is CC(C=O)C(=O)ON. The minimum absolute atomic E-state index is 0.467. The van der Waals surface area contributed by atoms with E-state index in [4.69, 9.17) is 0 Å². The van der Waals surface area contributed by atoms with Crippen LogP contribution < -0.4 is 5.90 Å². The van der Waals surface area contributed by atoms with Gasteiger partial charge in [-0.3, -0.25) is 0 Å². The van der Waals surface area contributed by atoms with Crippen molar-refractivity contribution in [3.63, 3.8) is 0 Å². The van der Waals surface area contributed by atoms with Crippen molar-refractivity contribution in [1.29, 1.82) is 0 Å². The van der Waals surface area contributed by atoms with Crippen LogP contribution in [-0.2, 0) is 14.4 Å². The molecule has 0 aliphatic carbocycles. The van der Waals surface area contributed by atoms with Gasteiger partial charge in [0.05, 0.1) is 0 Å². The van der Waals surface area contributed by atoms with E-state index >= 15 is 0 Å². The molecule has 0 spiro atoms. The maximum Gasteiger partial charge on any atom is 0.334 e. The van der Waals surface area contributed by atoms with Crippen molar-refractivity contribution in [2.24, 2.45) is 11.8 Å². The minimum atomic E-state index is -0.750. The monoisotopic (exact) mass is 117 g/mol. The van der Waals surface area contributed by atoms with E-state index in [2.05, 4.69) is 10.7 Å². The summed E-state index contributed by atoms with van der Waals surface area (Å²) >= 11 is 0. The fourth-order valence-corrected chi connectivity index (χ4v) is 0.163. The highest BCUT2D eigenvalue weighted by Gasteiger charge is 2.10. The summed E-state index contributed by atoms with van der Waals surface area (Å²) in [5, 5.41) is 0. The van der Waals surface area contributed by atoms with Crippen LogP contribution >= 0.6 is 0 Å². The molecule has 0 aromatic heterocycles. The molecule has 1 atom stereocenters. The zero-order valence-corrected chi connectivity index (χ0v) is 4.46. The predicted octanol–water partition coefficient (Wildman–Crippen LogP) is -0.762. The molecule has 0 radical (unpaired) electrons. The molecule has 0 fully saturated rings. The number of hydrogen-bond acceptors (Lipinski definition) is 4. The Morgan fingerprint density at radius 3 is 2.50 bits per heavy atom. The summed E-state index contributed by atoms with van der Waals surface area (Å²) in [4.78, 5) is 23.6. The quantitative estimate of drug-likeness (QED) is 0.293. The molecule has 0 amide bonds. The Labute approximate surface area is 46.6 Å². The third kappa shape index (κ3) is 1.70. The molecule has 46 valence electrons. The van der Waals surface area contributed by atoms with Gasteiger partial charge in [0.15, 0.2) is 0 Å². The molecular weight excluding hydrogens is 110 g/mol. The zero-order valence-electron chi connectivity index (χ0n) is 4.46. The Balaban J connectivity index is 3.62. The van der Waals surface area contributed by atoms with Gasteiger partial charge in [-0.15, -0.1) is 0 Å². The molecule has 4 nitrogen and oxygen atoms in total. The lowest BCUT2D eigenvalue weighted by molar-refractivity contribution is -0.149. The van der Waals surface area contributed by atoms with Crippen LogP contribution in [0.25, 0.3) is 0 Å². The molecule has 0 aromatic carbocycles. The second kappa shape index (κ2) is 3.15. The van der Waals surface area contributed by atoms with Crippen molar-refractivity contribution in [1.82, 2.24) is 0 Å². The van der Waals surface area contributed by atoms with Crippen molar-refractivity contribution in [2.75, 3.05) is 0 Å². The van der Waals surface area contributed by atoms with E-state index in [1.807, 2.05) is 0 Å². The van der Waals surface area contributed by atoms with E-state index < -0.39 is 11.9 Å². The summed E-state index contributed by atoms with van der Waals surface area (Å²) in [6.07, 6.45) is 0.467. The lowest BCUT2D eigenvalue weighted by atomic mass is 10.2. The van der Waals surface area contributed by atoms with Gasteiger partial charge in [0, 0.05) is 0 Å². The Hall–Kier alpha value is -0.900. The standard InChI is InChI=1S/C4H7NO3/c1-3(2-6)4(7)8-5/h2-3H,5H2,1H3. The highest BCUT2D eigenvalue weighted by molar-refractivity contribution is 5.86. The first kappa shape index (κ1) is 7.10. The highest BCUT2D eigenvalue weighted by Crippen LogP contribution is 1.88. The minimum Gasteiger partial charge on any atom is -0.373 e. The molecule has 0 aromatic rings. The second-order valence-corrected chi connectivity index (χ2v) is 1.36. The van der Waals surface area contributed by atoms with E-state index in [9.17, 15) is 9.59 Å². The zero-order chi connectivity index (χ0) is 6.57. The van der Waals surface area contributed by atoms with Crippen LogP contribution in [0.2, 0.25) is 0 Å². The van der Waals surface area contributed by atoms with Gasteiger partial charge in [-0.2, -0.15) is 5.90 Å². The molecule has 0 aliphatic heterocycles. The maximum absolute atomic E-state index is 10.2. The van der Waals surface area contributed by atoms with Gasteiger partial charge in [-0.25, -0.2) is 4.79 Å².